The Hall–Kier alpha value is -0.0800. The van der Waals surface area contributed by atoms with E-state index in [1.807, 2.05) is 14.2 Å². The van der Waals surface area contributed by atoms with Crippen LogP contribution in [-0.4, -0.2) is 27.4 Å². The minimum atomic E-state index is 0.243. The summed E-state index contributed by atoms with van der Waals surface area (Å²) in [4.78, 5) is 0. The molecule has 0 bridgehead atoms. The molecule has 0 radical (unpaired) electrons. The van der Waals surface area contributed by atoms with E-state index in [4.69, 9.17) is 9.47 Å². The Kier molecular flexibility index (Phi) is 7.25. The van der Waals surface area contributed by atoms with Crippen LogP contribution in [-0.2, 0) is 9.47 Å². The van der Waals surface area contributed by atoms with Gasteiger partial charge in [0.25, 0.3) is 0 Å². The van der Waals surface area contributed by atoms with Gasteiger partial charge in [-0.2, -0.15) is 0 Å². The Morgan fingerprint density at radius 3 is 1.83 bits per heavy atom. The summed E-state index contributed by atoms with van der Waals surface area (Å²) in [5, 5.41) is 0. The van der Waals surface area contributed by atoms with E-state index in [9.17, 15) is 0 Å². The summed E-state index contributed by atoms with van der Waals surface area (Å²) >= 11 is 0. The first-order valence-corrected chi connectivity index (χ1v) is 7.73. The van der Waals surface area contributed by atoms with E-state index in [1.165, 1.54) is 44.9 Å². The second-order valence-corrected chi connectivity index (χ2v) is 5.95. The van der Waals surface area contributed by atoms with Gasteiger partial charge in [0, 0.05) is 19.6 Å². The van der Waals surface area contributed by atoms with E-state index in [2.05, 4.69) is 13.8 Å². The highest BCUT2D eigenvalue weighted by atomic mass is 16.5. The van der Waals surface area contributed by atoms with Gasteiger partial charge < -0.3 is 9.47 Å². The number of methoxy groups -OCH3 is 2. The molecule has 0 heterocycles. The molecular formula is C16H32O2. The van der Waals surface area contributed by atoms with Gasteiger partial charge in [-0.3, -0.25) is 0 Å². The van der Waals surface area contributed by atoms with Gasteiger partial charge in [-0.25, -0.2) is 0 Å². The smallest absolute Gasteiger partial charge is 0.0546 e. The molecule has 18 heavy (non-hydrogen) atoms. The molecule has 0 saturated heterocycles. The third kappa shape index (κ3) is 3.48. The van der Waals surface area contributed by atoms with Crippen LogP contribution in [0.5, 0.6) is 0 Å². The van der Waals surface area contributed by atoms with Crippen LogP contribution in [0.3, 0.4) is 0 Å². The highest BCUT2D eigenvalue weighted by molar-refractivity contribution is 4.92. The molecule has 1 aliphatic carbocycles. The molecule has 0 aliphatic heterocycles. The van der Waals surface area contributed by atoms with Gasteiger partial charge in [0.1, 0.15) is 0 Å². The van der Waals surface area contributed by atoms with Crippen molar-refractivity contribution < 1.29 is 9.47 Å². The first-order chi connectivity index (χ1) is 8.75. The molecule has 0 unspecified atom stereocenters. The predicted molar refractivity (Wildman–Crippen MR) is 76.8 cm³/mol. The maximum atomic E-state index is 5.62. The van der Waals surface area contributed by atoms with Gasteiger partial charge in [0.2, 0.25) is 0 Å². The van der Waals surface area contributed by atoms with Crippen LogP contribution in [0.2, 0.25) is 0 Å². The van der Waals surface area contributed by atoms with E-state index >= 15 is 0 Å². The monoisotopic (exact) mass is 256 g/mol. The van der Waals surface area contributed by atoms with Crippen LogP contribution >= 0.6 is 0 Å². The van der Waals surface area contributed by atoms with Crippen LogP contribution < -0.4 is 0 Å². The van der Waals surface area contributed by atoms with E-state index in [1.54, 1.807) is 0 Å². The summed E-state index contributed by atoms with van der Waals surface area (Å²) in [7, 11) is 3.69. The summed E-state index contributed by atoms with van der Waals surface area (Å²) in [5.74, 6) is 1.51. The number of hydrogen-bond donors (Lipinski definition) is 0. The van der Waals surface area contributed by atoms with Gasteiger partial charge >= 0.3 is 0 Å². The maximum absolute atomic E-state index is 5.62. The molecule has 1 aliphatic rings. The van der Waals surface area contributed by atoms with Crippen molar-refractivity contribution in [2.45, 2.75) is 58.8 Å². The fourth-order valence-corrected chi connectivity index (χ4v) is 4.16. The average Bonchev–Trinajstić information content (AvgIpc) is 2.41. The van der Waals surface area contributed by atoms with Gasteiger partial charge in [-0.15, -0.1) is 0 Å². The molecule has 2 heteroatoms. The SMILES string of the molecule is CCC(CC)C(COC)(COC)C1CCCCC1. The second-order valence-electron chi connectivity index (χ2n) is 5.95. The largest absolute Gasteiger partial charge is 0.384 e. The molecule has 0 aromatic carbocycles. The Balaban J connectivity index is 2.93. The first-order valence-electron chi connectivity index (χ1n) is 7.73. The van der Waals surface area contributed by atoms with Gasteiger partial charge in [-0.1, -0.05) is 46.0 Å². The second kappa shape index (κ2) is 8.16. The highest BCUT2D eigenvalue weighted by Crippen LogP contribution is 2.46. The Labute approximate surface area is 113 Å². The zero-order valence-corrected chi connectivity index (χ0v) is 12.8. The number of hydrogen-bond acceptors (Lipinski definition) is 2. The normalized spacial score (nSPS) is 18.5. The molecule has 1 fully saturated rings. The van der Waals surface area contributed by atoms with E-state index in [0.29, 0.717) is 0 Å². The molecule has 0 amide bonds. The van der Waals surface area contributed by atoms with E-state index in [-0.39, 0.29) is 5.41 Å². The third-order valence-electron chi connectivity index (χ3n) is 5.04. The summed E-state index contributed by atoms with van der Waals surface area (Å²) in [6.45, 7) is 6.35. The minimum Gasteiger partial charge on any atom is -0.384 e. The number of ether oxygens (including phenoxy) is 2. The average molecular weight is 256 g/mol. The molecule has 108 valence electrons. The molecule has 0 atom stereocenters. The summed E-state index contributed by atoms with van der Waals surface area (Å²) < 4.78 is 11.2. The van der Waals surface area contributed by atoms with Crippen molar-refractivity contribution in [3.05, 3.63) is 0 Å². The molecule has 2 nitrogen and oxygen atoms in total. The standard InChI is InChI=1S/C16H32O2/c1-5-14(6-2)16(12-17-3,13-18-4)15-10-8-7-9-11-15/h14-15H,5-13H2,1-4H3. The van der Waals surface area contributed by atoms with Crippen molar-refractivity contribution in [1.82, 2.24) is 0 Å². The maximum Gasteiger partial charge on any atom is 0.0546 e. The summed E-state index contributed by atoms with van der Waals surface area (Å²) in [5.41, 5.74) is 0.243. The van der Waals surface area contributed by atoms with Crippen LogP contribution in [0.1, 0.15) is 58.8 Å². The topological polar surface area (TPSA) is 18.5 Å². The Morgan fingerprint density at radius 2 is 1.44 bits per heavy atom. The van der Waals surface area contributed by atoms with Crippen LogP contribution in [0, 0.1) is 17.3 Å². The van der Waals surface area contributed by atoms with Crippen LogP contribution in [0.4, 0.5) is 0 Å². The molecular weight excluding hydrogens is 224 g/mol. The quantitative estimate of drug-likeness (QED) is 0.645. The van der Waals surface area contributed by atoms with E-state index < -0.39 is 0 Å². The summed E-state index contributed by atoms with van der Waals surface area (Å²) in [6.07, 6.45) is 9.39. The van der Waals surface area contributed by atoms with Crippen molar-refractivity contribution in [2.75, 3.05) is 27.4 Å². The lowest BCUT2D eigenvalue weighted by Crippen LogP contribution is -2.46. The highest BCUT2D eigenvalue weighted by Gasteiger charge is 2.44. The van der Waals surface area contributed by atoms with Gasteiger partial charge in [0.05, 0.1) is 13.2 Å². The van der Waals surface area contributed by atoms with Crippen LogP contribution in [0.15, 0.2) is 0 Å². The fourth-order valence-electron chi connectivity index (χ4n) is 4.16. The molecule has 1 rings (SSSR count). The third-order valence-corrected chi connectivity index (χ3v) is 5.04. The lowest BCUT2D eigenvalue weighted by Gasteiger charge is -2.47. The lowest BCUT2D eigenvalue weighted by atomic mass is 9.61. The Morgan fingerprint density at radius 1 is 0.944 bits per heavy atom. The predicted octanol–water partition coefficient (Wildman–Crippen LogP) is 4.28. The van der Waals surface area contributed by atoms with Gasteiger partial charge in [0.15, 0.2) is 0 Å². The summed E-state index contributed by atoms with van der Waals surface area (Å²) in [6, 6.07) is 0. The molecule has 0 aromatic heterocycles. The molecule has 0 spiro atoms. The van der Waals surface area contributed by atoms with Crippen molar-refractivity contribution in [1.29, 1.82) is 0 Å². The first kappa shape index (κ1) is 16.0. The molecule has 1 saturated carbocycles. The lowest BCUT2D eigenvalue weighted by molar-refractivity contribution is -0.0821. The molecule has 0 N–H and O–H groups in total. The van der Waals surface area contributed by atoms with Crippen molar-refractivity contribution in [3.8, 4) is 0 Å². The minimum absolute atomic E-state index is 0.243. The zero-order chi connectivity index (χ0) is 13.4. The van der Waals surface area contributed by atoms with Crippen molar-refractivity contribution >= 4 is 0 Å². The zero-order valence-electron chi connectivity index (χ0n) is 12.8. The van der Waals surface area contributed by atoms with Crippen molar-refractivity contribution in [2.24, 2.45) is 17.3 Å². The molecule has 0 aromatic rings. The van der Waals surface area contributed by atoms with Crippen LogP contribution in [0.25, 0.3) is 0 Å². The van der Waals surface area contributed by atoms with E-state index in [0.717, 1.165) is 25.0 Å². The van der Waals surface area contributed by atoms with Gasteiger partial charge in [-0.05, 0) is 24.7 Å². The van der Waals surface area contributed by atoms with Crippen molar-refractivity contribution in [3.63, 3.8) is 0 Å². The fraction of sp³-hybridized carbons (Fsp3) is 1.00. The Bertz CT molecular complexity index is 199. The number of rotatable bonds is 8.